The predicted octanol–water partition coefficient (Wildman–Crippen LogP) is 6.67. The first-order chi connectivity index (χ1) is 14.8. The molecule has 1 aliphatic rings. The van der Waals surface area contributed by atoms with Crippen LogP contribution in [0.25, 0.3) is 0 Å². The predicted molar refractivity (Wildman–Crippen MR) is 123 cm³/mol. The maximum Gasteiger partial charge on any atom is 0.242 e. The molecule has 0 bridgehead atoms. The molecule has 3 aromatic rings. The van der Waals surface area contributed by atoms with Gasteiger partial charge in [-0.3, -0.25) is 0 Å². The van der Waals surface area contributed by atoms with Gasteiger partial charge in [-0.2, -0.15) is 8.97 Å². The van der Waals surface area contributed by atoms with Gasteiger partial charge in [0.05, 0.1) is 30.4 Å². The first kappa shape index (κ1) is 21.7. The van der Waals surface area contributed by atoms with Crippen molar-refractivity contribution in [2.45, 2.75) is 25.8 Å². The van der Waals surface area contributed by atoms with Crippen molar-refractivity contribution >= 4 is 34.6 Å². The van der Waals surface area contributed by atoms with E-state index in [9.17, 15) is 0 Å². The molecular weight excluding hydrogens is 436 g/mol. The molecule has 0 unspecified atom stereocenters. The Balaban J connectivity index is 2.16. The zero-order valence-electron chi connectivity index (χ0n) is 17.8. The molecule has 4 rings (SSSR count). The van der Waals surface area contributed by atoms with Crippen LogP contribution < -0.4 is 9.47 Å². The Morgan fingerprint density at radius 3 is 2.23 bits per heavy atom. The van der Waals surface area contributed by atoms with Gasteiger partial charge in [-0.15, -0.1) is 0 Å². The van der Waals surface area contributed by atoms with Gasteiger partial charge in [0.2, 0.25) is 11.4 Å². The summed E-state index contributed by atoms with van der Waals surface area (Å²) in [6, 6.07) is 16.0. The zero-order chi connectivity index (χ0) is 22.3. The average molecular weight is 459 g/mol. The molecule has 160 valence electrons. The van der Waals surface area contributed by atoms with Crippen LogP contribution in [-0.2, 0) is 6.42 Å². The molecule has 0 atom stereocenters. The SMILES string of the molecule is COc1cc2c(cc1OC)C(c1ccc(Cl)cc1Cl)=[N+](c1ccccc1F)C(C)(C)C2. The number of fused-ring (bicyclic) bond motifs is 1. The van der Waals surface area contributed by atoms with Crippen LogP contribution in [0.5, 0.6) is 11.5 Å². The van der Waals surface area contributed by atoms with Crippen LogP contribution in [0.4, 0.5) is 10.1 Å². The smallest absolute Gasteiger partial charge is 0.242 e. The maximum absolute atomic E-state index is 15.1. The Labute approximate surface area is 191 Å². The molecular formula is C25H23Cl2FNO2+. The highest BCUT2D eigenvalue weighted by molar-refractivity contribution is 6.37. The van der Waals surface area contributed by atoms with Crippen LogP contribution in [-0.4, -0.2) is 30.0 Å². The van der Waals surface area contributed by atoms with Crippen molar-refractivity contribution in [1.29, 1.82) is 0 Å². The second-order valence-electron chi connectivity index (χ2n) is 8.11. The third-order valence-electron chi connectivity index (χ3n) is 5.60. The molecule has 6 heteroatoms. The number of benzene rings is 3. The molecule has 0 aliphatic carbocycles. The molecule has 0 N–H and O–H groups in total. The van der Waals surface area contributed by atoms with Crippen molar-refractivity contribution in [3.63, 3.8) is 0 Å². The van der Waals surface area contributed by atoms with Crippen LogP contribution in [0.2, 0.25) is 10.0 Å². The fourth-order valence-corrected chi connectivity index (χ4v) is 4.78. The van der Waals surface area contributed by atoms with E-state index in [4.69, 9.17) is 32.7 Å². The molecule has 0 saturated carbocycles. The van der Waals surface area contributed by atoms with Gasteiger partial charge in [-0.05, 0) is 42.0 Å². The number of ether oxygens (including phenoxy) is 2. The Bertz CT molecular complexity index is 1200. The molecule has 1 heterocycles. The van der Waals surface area contributed by atoms with Crippen molar-refractivity contribution in [3.8, 4) is 11.5 Å². The molecule has 0 amide bonds. The van der Waals surface area contributed by atoms with E-state index < -0.39 is 5.54 Å². The van der Waals surface area contributed by atoms with Crippen molar-refractivity contribution in [2.24, 2.45) is 0 Å². The highest BCUT2D eigenvalue weighted by Gasteiger charge is 2.44. The number of nitrogens with zero attached hydrogens (tertiary/aromatic N) is 1. The van der Waals surface area contributed by atoms with Gasteiger partial charge in [0, 0.05) is 31.4 Å². The lowest BCUT2D eigenvalue weighted by atomic mass is 9.82. The highest BCUT2D eigenvalue weighted by atomic mass is 35.5. The number of rotatable bonds is 4. The summed E-state index contributed by atoms with van der Waals surface area (Å²) >= 11 is 12.8. The molecule has 3 nitrogen and oxygen atoms in total. The minimum atomic E-state index is -0.451. The average Bonchev–Trinajstić information content (AvgIpc) is 2.72. The standard InChI is InChI=1S/C25H23Cl2FNO2/c1-25(2)14-15-11-22(30-3)23(31-4)13-18(15)24(17-10-9-16(26)12-19(17)27)29(25)21-8-6-5-7-20(21)28/h5-13H,14H2,1-4H3/q+1. The minimum absolute atomic E-state index is 0.304. The van der Waals surface area contributed by atoms with Gasteiger partial charge in [-0.1, -0.05) is 35.3 Å². The Kier molecular flexibility index (Phi) is 5.71. The first-order valence-electron chi connectivity index (χ1n) is 9.89. The highest BCUT2D eigenvalue weighted by Crippen LogP contribution is 2.41. The van der Waals surface area contributed by atoms with E-state index in [1.54, 1.807) is 38.5 Å². The topological polar surface area (TPSA) is 21.5 Å². The number of hydrogen-bond donors (Lipinski definition) is 0. The summed E-state index contributed by atoms with van der Waals surface area (Å²) < 4.78 is 28.2. The zero-order valence-corrected chi connectivity index (χ0v) is 19.3. The normalized spacial score (nSPS) is 14.9. The van der Waals surface area contributed by atoms with Crippen molar-refractivity contribution in [3.05, 3.63) is 87.2 Å². The summed E-state index contributed by atoms with van der Waals surface area (Å²) in [5.41, 5.74) is 3.55. The second-order valence-corrected chi connectivity index (χ2v) is 8.96. The number of halogens is 3. The largest absolute Gasteiger partial charge is 0.493 e. The quantitative estimate of drug-likeness (QED) is 0.407. The van der Waals surface area contributed by atoms with E-state index in [2.05, 4.69) is 13.8 Å². The lowest BCUT2D eigenvalue weighted by Crippen LogP contribution is -2.44. The van der Waals surface area contributed by atoms with Crippen LogP contribution >= 0.6 is 23.2 Å². The monoisotopic (exact) mass is 458 g/mol. The van der Waals surface area contributed by atoms with E-state index >= 15 is 4.39 Å². The lowest BCUT2D eigenvalue weighted by Gasteiger charge is -2.31. The third-order valence-corrected chi connectivity index (χ3v) is 6.14. The fraction of sp³-hybridized carbons (Fsp3) is 0.240. The summed E-state index contributed by atoms with van der Waals surface area (Å²) in [7, 11) is 3.21. The molecule has 1 aliphatic heterocycles. The van der Waals surface area contributed by atoms with Crippen LogP contribution in [0.3, 0.4) is 0 Å². The number of para-hydroxylation sites is 1. The van der Waals surface area contributed by atoms with Crippen molar-refractivity contribution < 1.29 is 18.4 Å². The van der Waals surface area contributed by atoms with Gasteiger partial charge in [0.15, 0.2) is 22.9 Å². The third kappa shape index (κ3) is 3.79. The fourth-order valence-electron chi connectivity index (χ4n) is 4.28. The van der Waals surface area contributed by atoms with Crippen LogP contribution in [0, 0.1) is 5.82 Å². The minimum Gasteiger partial charge on any atom is -0.493 e. The lowest BCUT2D eigenvalue weighted by molar-refractivity contribution is -0.527. The Morgan fingerprint density at radius 2 is 1.58 bits per heavy atom. The van der Waals surface area contributed by atoms with E-state index in [0.29, 0.717) is 33.7 Å². The molecule has 0 fully saturated rings. The number of hydrogen-bond acceptors (Lipinski definition) is 2. The van der Waals surface area contributed by atoms with Crippen molar-refractivity contribution in [1.82, 2.24) is 0 Å². The molecule has 3 aromatic carbocycles. The Morgan fingerprint density at radius 1 is 0.903 bits per heavy atom. The molecule has 0 spiro atoms. The second kappa shape index (κ2) is 8.18. The van der Waals surface area contributed by atoms with E-state index in [1.807, 2.05) is 28.8 Å². The summed E-state index contributed by atoms with van der Waals surface area (Å²) in [6.45, 7) is 4.17. The summed E-state index contributed by atoms with van der Waals surface area (Å²) in [4.78, 5) is 0. The van der Waals surface area contributed by atoms with E-state index in [1.165, 1.54) is 6.07 Å². The van der Waals surface area contributed by atoms with E-state index in [-0.39, 0.29) is 5.82 Å². The number of methoxy groups -OCH3 is 2. The molecule has 31 heavy (non-hydrogen) atoms. The van der Waals surface area contributed by atoms with Crippen LogP contribution in [0.15, 0.2) is 54.6 Å². The molecule has 0 radical (unpaired) electrons. The molecule has 0 saturated heterocycles. The summed E-state index contributed by atoms with van der Waals surface area (Å²) in [5, 5.41) is 1.02. The van der Waals surface area contributed by atoms with Gasteiger partial charge in [0.1, 0.15) is 0 Å². The van der Waals surface area contributed by atoms with Gasteiger partial charge in [0.25, 0.3) is 0 Å². The van der Waals surface area contributed by atoms with Crippen molar-refractivity contribution in [2.75, 3.05) is 14.2 Å². The van der Waals surface area contributed by atoms with E-state index in [0.717, 1.165) is 22.4 Å². The maximum atomic E-state index is 15.1. The van der Waals surface area contributed by atoms with Crippen LogP contribution in [0.1, 0.15) is 30.5 Å². The van der Waals surface area contributed by atoms with Gasteiger partial charge < -0.3 is 9.47 Å². The summed E-state index contributed by atoms with van der Waals surface area (Å²) in [5.74, 6) is 0.942. The first-order valence-corrected chi connectivity index (χ1v) is 10.6. The van der Waals surface area contributed by atoms with Gasteiger partial charge >= 0.3 is 0 Å². The Hall–Kier alpha value is -2.56. The summed E-state index contributed by atoms with van der Waals surface area (Å²) in [6.07, 6.45) is 0.672. The molecule has 0 aromatic heterocycles. The van der Waals surface area contributed by atoms with Gasteiger partial charge in [-0.25, -0.2) is 0 Å².